The maximum atomic E-state index is 13.6. The maximum absolute atomic E-state index is 13.6. The molecule has 0 aromatic carbocycles. The molecule has 0 bridgehead atoms. The number of nitrogens with zero attached hydrogens (tertiary/aromatic N) is 2. The summed E-state index contributed by atoms with van der Waals surface area (Å²) < 4.78 is 18.0. The number of amides is 1. The lowest BCUT2D eigenvalue weighted by Crippen LogP contribution is -2.31. The number of allylic oxidation sites excluding steroid dienone is 1. The zero-order valence-corrected chi connectivity index (χ0v) is 11.8. The van der Waals surface area contributed by atoms with Gasteiger partial charge in [-0.15, -0.1) is 0 Å². The molecule has 0 saturated heterocycles. The molecule has 0 aliphatic heterocycles. The Morgan fingerprint density at radius 3 is 2.65 bits per heavy atom. The largest absolute Gasteiger partial charge is 0.468 e. The summed E-state index contributed by atoms with van der Waals surface area (Å²) in [6.07, 6.45) is 2.23. The Hall–Kier alpha value is -1.96. The summed E-state index contributed by atoms with van der Waals surface area (Å²) >= 11 is 0. The van der Waals surface area contributed by atoms with E-state index in [1.165, 1.54) is 27.2 Å². The molecule has 2 N–H and O–H groups in total. The zero-order chi connectivity index (χ0) is 15.5. The highest BCUT2D eigenvalue weighted by molar-refractivity contribution is 5.88. The lowest BCUT2D eigenvalue weighted by atomic mass is 10.1. The van der Waals surface area contributed by atoms with Gasteiger partial charge in [-0.3, -0.25) is 14.5 Å². The molecule has 0 aliphatic rings. The van der Waals surface area contributed by atoms with E-state index in [-0.39, 0.29) is 25.2 Å². The summed E-state index contributed by atoms with van der Waals surface area (Å²) in [6.45, 7) is 1.26. The number of rotatable bonds is 8. The first-order chi connectivity index (χ1) is 9.46. The van der Waals surface area contributed by atoms with Gasteiger partial charge < -0.3 is 15.3 Å². The number of carbonyl (C=O) groups excluding carboxylic acids is 2. The van der Waals surface area contributed by atoms with E-state index in [0.29, 0.717) is 6.41 Å². The molecular weight excluding hydrogens is 269 g/mol. The predicted octanol–water partition coefficient (Wildman–Crippen LogP) is 0.559. The van der Waals surface area contributed by atoms with Gasteiger partial charge in [-0.25, -0.2) is 4.39 Å². The third kappa shape index (κ3) is 6.83. The highest BCUT2D eigenvalue weighted by Crippen LogP contribution is 2.06. The van der Waals surface area contributed by atoms with Crippen LogP contribution in [0.1, 0.15) is 19.8 Å². The molecule has 0 aliphatic carbocycles. The Bertz CT molecular complexity index is 385. The van der Waals surface area contributed by atoms with Crippen molar-refractivity contribution in [1.29, 1.82) is 0 Å². The number of methoxy groups -OCH3 is 1. The Labute approximate surface area is 117 Å². The minimum absolute atomic E-state index is 0.234. The van der Waals surface area contributed by atoms with Gasteiger partial charge >= 0.3 is 5.97 Å². The lowest BCUT2D eigenvalue weighted by Gasteiger charge is -2.14. The first-order valence-electron chi connectivity index (χ1n) is 5.93. The van der Waals surface area contributed by atoms with Crippen LogP contribution in [0.25, 0.3) is 0 Å². The molecule has 0 saturated carbocycles. The summed E-state index contributed by atoms with van der Waals surface area (Å²) in [5.41, 5.74) is 5.50. The molecule has 20 heavy (non-hydrogen) atoms. The monoisotopic (exact) mass is 289 g/mol. The van der Waals surface area contributed by atoms with E-state index in [9.17, 15) is 14.0 Å². The molecule has 1 amide bonds. The first kappa shape index (κ1) is 18.0. The van der Waals surface area contributed by atoms with Crippen molar-refractivity contribution in [3.63, 3.8) is 0 Å². The normalized spacial score (nSPS) is 13.7. The van der Waals surface area contributed by atoms with Crippen LogP contribution in [0.2, 0.25) is 0 Å². The zero-order valence-electron chi connectivity index (χ0n) is 11.8. The number of ether oxygens (including phenoxy) is 1. The molecule has 8 heteroatoms. The fourth-order valence-electron chi connectivity index (χ4n) is 1.33. The van der Waals surface area contributed by atoms with Crippen LogP contribution in [0, 0.1) is 0 Å². The summed E-state index contributed by atoms with van der Waals surface area (Å²) in [6, 6.07) is -0.789. The van der Waals surface area contributed by atoms with E-state index in [1.807, 2.05) is 0 Å². The molecule has 0 heterocycles. The van der Waals surface area contributed by atoms with Gasteiger partial charge in [0.05, 0.1) is 13.7 Å². The molecule has 0 aromatic rings. The van der Waals surface area contributed by atoms with Gasteiger partial charge in [0.15, 0.2) is 0 Å². The number of hydrogen-bond donors (Lipinski definition) is 1. The SMILES string of the molecule is CO/N=C(/C)N(C=O)C/C(F)=C\CCC(N)C(=O)OC. The maximum Gasteiger partial charge on any atom is 0.322 e. The summed E-state index contributed by atoms with van der Waals surface area (Å²) in [4.78, 5) is 27.4. The van der Waals surface area contributed by atoms with Crippen molar-refractivity contribution in [3.8, 4) is 0 Å². The van der Waals surface area contributed by atoms with Crippen LogP contribution < -0.4 is 5.73 Å². The summed E-state index contributed by atoms with van der Waals surface area (Å²) in [7, 11) is 2.56. The van der Waals surface area contributed by atoms with E-state index in [1.54, 1.807) is 0 Å². The average Bonchev–Trinajstić information content (AvgIpc) is 2.43. The second-order valence-corrected chi connectivity index (χ2v) is 3.91. The second-order valence-electron chi connectivity index (χ2n) is 3.91. The van der Waals surface area contributed by atoms with Crippen molar-refractivity contribution >= 4 is 18.2 Å². The molecular formula is C12H20FN3O4. The van der Waals surface area contributed by atoms with Crippen LogP contribution >= 0.6 is 0 Å². The van der Waals surface area contributed by atoms with Gasteiger partial charge in [-0.05, 0) is 19.8 Å². The number of oxime groups is 1. The van der Waals surface area contributed by atoms with E-state index in [2.05, 4.69) is 14.7 Å². The van der Waals surface area contributed by atoms with Gasteiger partial charge in [-0.1, -0.05) is 11.2 Å². The van der Waals surface area contributed by atoms with Crippen molar-refractivity contribution < 1.29 is 23.6 Å². The Balaban J connectivity index is 4.34. The number of amidine groups is 1. The summed E-state index contributed by atoms with van der Waals surface area (Å²) in [5.74, 6) is -0.839. The molecule has 1 atom stereocenters. The third-order valence-electron chi connectivity index (χ3n) is 2.44. The molecule has 0 fully saturated rings. The van der Waals surface area contributed by atoms with Crippen LogP contribution in [-0.4, -0.2) is 49.9 Å². The van der Waals surface area contributed by atoms with E-state index >= 15 is 0 Å². The standard InChI is InChI=1S/C12H20FN3O4/c1-9(15-20-3)16(8-17)7-10(13)5-4-6-11(14)12(18)19-2/h5,8,11H,4,6-7,14H2,1-3H3/b10-5+,15-9-. The van der Waals surface area contributed by atoms with Crippen LogP contribution in [0.5, 0.6) is 0 Å². The van der Waals surface area contributed by atoms with Crippen LogP contribution in [0.15, 0.2) is 17.1 Å². The second kappa shape index (κ2) is 9.90. The van der Waals surface area contributed by atoms with E-state index in [4.69, 9.17) is 5.73 Å². The number of halogens is 1. The van der Waals surface area contributed by atoms with Crippen LogP contribution in [0.4, 0.5) is 4.39 Å². The number of hydrogen-bond acceptors (Lipinski definition) is 6. The van der Waals surface area contributed by atoms with Gasteiger partial charge in [0.2, 0.25) is 6.41 Å². The molecule has 7 nitrogen and oxygen atoms in total. The van der Waals surface area contributed by atoms with E-state index in [0.717, 1.165) is 4.90 Å². The van der Waals surface area contributed by atoms with Gasteiger partial charge in [-0.2, -0.15) is 0 Å². The van der Waals surface area contributed by atoms with Crippen LogP contribution in [0.3, 0.4) is 0 Å². The molecule has 0 radical (unpaired) electrons. The van der Waals surface area contributed by atoms with Crippen molar-refractivity contribution in [3.05, 3.63) is 11.9 Å². The molecule has 114 valence electrons. The van der Waals surface area contributed by atoms with Gasteiger partial charge in [0.25, 0.3) is 0 Å². The quantitative estimate of drug-likeness (QED) is 0.232. The van der Waals surface area contributed by atoms with Crippen molar-refractivity contribution in [1.82, 2.24) is 4.90 Å². The Morgan fingerprint density at radius 1 is 1.50 bits per heavy atom. The summed E-state index contributed by atoms with van der Waals surface area (Å²) in [5, 5.41) is 3.53. The lowest BCUT2D eigenvalue weighted by molar-refractivity contribution is -0.142. The fraction of sp³-hybridized carbons (Fsp3) is 0.583. The first-order valence-corrected chi connectivity index (χ1v) is 5.93. The minimum atomic E-state index is -0.789. The molecule has 0 aromatic heterocycles. The smallest absolute Gasteiger partial charge is 0.322 e. The van der Waals surface area contributed by atoms with Crippen molar-refractivity contribution in [2.24, 2.45) is 10.9 Å². The highest BCUT2D eigenvalue weighted by atomic mass is 19.1. The minimum Gasteiger partial charge on any atom is -0.468 e. The number of esters is 1. The number of carbonyl (C=O) groups is 2. The van der Waals surface area contributed by atoms with Gasteiger partial charge in [0, 0.05) is 0 Å². The topological polar surface area (TPSA) is 94.2 Å². The predicted molar refractivity (Wildman–Crippen MR) is 71.3 cm³/mol. The molecule has 0 spiro atoms. The van der Waals surface area contributed by atoms with Crippen molar-refractivity contribution in [2.75, 3.05) is 20.8 Å². The average molecular weight is 289 g/mol. The molecule has 0 rings (SSSR count). The molecule has 1 unspecified atom stereocenters. The Morgan fingerprint density at radius 2 is 2.15 bits per heavy atom. The van der Waals surface area contributed by atoms with Crippen LogP contribution in [-0.2, 0) is 19.2 Å². The third-order valence-corrected chi connectivity index (χ3v) is 2.44. The number of nitrogens with two attached hydrogens (primary N) is 1. The van der Waals surface area contributed by atoms with Crippen molar-refractivity contribution in [2.45, 2.75) is 25.8 Å². The van der Waals surface area contributed by atoms with E-state index < -0.39 is 17.8 Å². The fourth-order valence-corrected chi connectivity index (χ4v) is 1.33. The Kier molecular flexibility index (Phi) is 8.93. The van der Waals surface area contributed by atoms with Gasteiger partial charge in [0.1, 0.15) is 24.8 Å². The highest BCUT2D eigenvalue weighted by Gasteiger charge is 2.13.